The van der Waals surface area contributed by atoms with Crippen LogP contribution in [0.2, 0.25) is 5.02 Å². The quantitative estimate of drug-likeness (QED) is 0.741. The summed E-state index contributed by atoms with van der Waals surface area (Å²) in [6, 6.07) is 5.67. The molecule has 0 aliphatic carbocycles. The maximum Gasteiger partial charge on any atom is 0.0741 e. The molecule has 2 rings (SSSR count). The van der Waals surface area contributed by atoms with Crippen molar-refractivity contribution in [3.05, 3.63) is 23.2 Å². The van der Waals surface area contributed by atoms with E-state index in [-0.39, 0.29) is 0 Å². The minimum Gasteiger partial charge on any atom is -0.396 e. The number of aliphatic hydroxyl groups is 1. The molecule has 88 valence electrons. The van der Waals surface area contributed by atoms with Crippen LogP contribution >= 0.6 is 11.6 Å². The second-order valence-corrected chi connectivity index (χ2v) is 5.06. The molecular weight excluding hydrogens is 224 g/mol. The Labute approximate surface area is 101 Å². The van der Waals surface area contributed by atoms with Crippen molar-refractivity contribution in [3.8, 4) is 0 Å². The smallest absolute Gasteiger partial charge is 0.0741 e. The van der Waals surface area contributed by atoms with Gasteiger partial charge in [-0.2, -0.15) is 0 Å². The Morgan fingerprint density at radius 1 is 1.38 bits per heavy atom. The summed E-state index contributed by atoms with van der Waals surface area (Å²) in [6.45, 7) is 3.51. The van der Waals surface area contributed by atoms with Crippen LogP contribution in [0.5, 0.6) is 0 Å². The molecule has 1 heterocycles. The molecule has 1 fully saturated rings. The molecule has 1 aliphatic rings. The van der Waals surface area contributed by atoms with Gasteiger partial charge in [-0.25, -0.2) is 0 Å². The van der Waals surface area contributed by atoms with E-state index in [4.69, 9.17) is 17.3 Å². The van der Waals surface area contributed by atoms with Crippen LogP contribution in [-0.2, 0) is 0 Å². The highest BCUT2D eigenvalue weighted by Crippen LogP contribution is 2.33. The third-order valence-electron chi connectivity index (χ3n) is 3.21. The summed E-state index contributed by atoms with van der Waals surface area (Å²) in [7, 11) is 0. The lowest BCUT2D eigenvalue weighted by molar-refractivity contribution is 0.0351. The van der Waals surface area contributed by atoms with Gasteiger partial charge in [0.25, 0.3) is 0 Å². The van der Waals surface area contributed by atoms with Crippen molar-refractivity contribution >= 4 is 23.0 Å². The fourth-order valence-corrected chi connectivity index (χ4v) is 2.20. The minimum atomic E-state index is -0.538. The molecule has 3 N–H and O–H groups in total. The number of halogens is 1. The monoisotopic (exact) mass is 240 g/mol. The Balaban J connectivity index is 2.17. The second-order valence-electron chi connectivity index (χ2n) is 4.66. The number of piperidine rings is 1. The van der Waals surface area contributed by atoms with Crippen molar-refractivity contribution in [2.75, 3.05) is 23.7 Å². The van der Waals surface area contributed by atoms with Gasteiger partial charge in [0.15, 0.2) is 0 Å². The predicted octanol–water partition coefficient (Wildman–Crippen LogP) is 2.27. The molecule has 0 saturated carbocycles. The van der Waals surface area contributed by atoms with Gasteiger partial charge in [0.1, 0.15) is 0 Å². The first-order chi connectivity index (χ1) is 7.49. The van der Waals surface area contributed by atoms with E-state index in [1.807, 2.05) is 19.1 Å². The maximum atomic E-state index is 9.88. The van der Waals surface area contributed by atoms with E-state index in [0.29, 0.717) is 10.7 Å². The van der Waals surface area contributed by atoms with Crippen LogP contribution in [0.3, 0.4) is 0 Å². The van der Waals surface area contributed by atoms with Crippen LogP contribution in [0.15, 0.2) is 18.2 Å². The first kappa shape index (κ1) is 11.6. The fraction of sp³-hybridized carbons (Fsp3) is 0.500. The molecule has 0 spiro atoms. The number of rotatable bonds is 1. The lowest BCUT2D eigenvalue weighted by atomic mass is 9.93. The molecular formula is C12H17ClN2O. The highest BCUT2D eigenvalue weighted by atomic mass is 35.5. The summed E-state index contributed by atoms with van der Waals surface area (Å²) in [4.78, 5) is 2.18. The van der Waals surface area contributed by atoms with E-state index in [0.717, 1.165) is 31.6 Å². The lowest BCUT2D eigenvalue weighted by Gasteiger charge is -2.37. The molecule has 1 aliphatic heterocycles. The predicted molar refractivity (Wildman–Crippen MR) is 67.9 cm³/mol. The summed E-state index contributed by atoms with van der Waals surface area (Å²) >= 11 is 5.99. The Hall–Kier alpha value is -0.930. The number of nitrogens with two attached hydrogens (primary N) is 1. The molecule has 3 nitrogen and oxygen atoms in total. The van der Waals surface area contributed by atoms with Crippen LogP contribution in [0, 0.1) is 0 Å². The molecule has 4 heteroatoms. The molecule has 0 aromatic heterocycles. The molecule has 0 unspecified atom stereocenters. The standard InChI is InChI=1S/C12H17ClN2O/c1-12(16)5-7-15(8-6-12)10-4-2-3-9(13)11(10)14/h2-4,16H,5-8,14H2,1H3. The van der Waals surface area contributed by atoms with Crippen molar-refractivity contribution in [1.29, 1.82) is 0 Å². The topological polar surface area (TPSA) is 49.5 Å². The van der Waals surface area contributed by atoms with Crippen LogP contribution in [0.1, 0.15) is 19.8 Å². The number of nitrogens with zero attached hydrogens (tertiary/aromatic N) is 1. The van der Waals surface area contributed by atoms with Crippen molar-refractivity contribution in [2.24, 2.45) is 0 Å². The zero-order valence-electron chi connectivity index (χ0n) is 9.41. The maximum absolute atomic E-state index is 9.88. The minimum absolute atomic E-state index is 0.538. The van der Waals surface area contributed by atoms with E-state index in [1.54, 1.807) is 6.07 Å². The molecule has 0 amide bonds. The number of benzene rings is 1. The van der Waals surface area contributed by atoms with Gasteiger partial charge in [0.05, 0.1) is 22.0 Å². The average molecular weight is 241 g/mol. The van der Waals surface area contributed by atoms with Crippen LogP contribution in [0.25, 0.3) is 0 Å². The lowest BCUT2D eigenvalue weighted by Crippen LogP contribution is -2.42. The van der Waals surface area contributed by atoms with Gasteiger partial charge in [-0.15, -0.1) is 0 Å². The van der Waals surface area contributed by atoms with Crippen molar-refractivity contribution in [1.82, 2.24) is 0 Å². The Bertz CT molecular complexity index is 383. The summed E-state index contributed by atoms with van der Waals surface area (Å²) in [5.41, 5.74) is 7.01. The zero-order chi connectivity index (χ0) is 11.8. The van der Waals surface area contributed by atoms with Gasteiger partial charge in [0.2, 0.25) is 0 Å². The Morgan fingerprint density at radius 3 is 2.62 bits per heavy atom. The molecule has 1 saturated heterocycles. The molecule has 0 bridgehead atoms. The third kappa shape index (κ3) is 2.25. The van der Waals surface area contributed by atoms with E-state index < -0.39 is 5.60 Å². The van der Waals surface area contributed by atoms with E-state index in [2.05, 4.69) is 4.90 Å². The molecule has 1 aromatic carbocycles. The van der Waals surface area contributed by atoms with Crippen molar-refractivity contribution in [2.45, 2.75) is 25.4 Å². The first-order valence-corrected chi connectivity index (χ1v) is 5.89. The van der Waals surface area contributed by atoms with Gasteiger partial charge in [-0.05, 0) is 31.9 Å². The van der Waals surface area contributed by atoms with E-state index >= 15 is 0 Å². The van der Waals surface area contributed by atoms with Crippen molar-refractivity contribution in [3.63, 3.8) is 0 Å². The van der Waals surface area contributed by atoms with Gasteiger partial charge >= 0.3 is 0 Å². The van der Waals surface area contributed by atoms with E-state index in [1.165, 1.54) is 0 Å². The van der Waals surface area contributed by atoms with Crippen LogP contribution in [0.4, 0.5) is 11.4 Å². The van der Waals surface area contributed by atoms with Crippen molar-refractivity contribution < 1.29 is 5.11 Å². The zero-order valence-corrected chi connectivity index (χ0v) is 10.2. The number of para-hydroxylation sites is 1. The summed E-state index contributed by atoms with van der Waals surface area (Å²) < 4.78 is 0. The SMILES string of the molecule is CC1(O)CCN(c2cccc(Cl)c2N)CC1. The van der Waals surface area contributed by atoms with Gasteiger partial charge in [0, 0.05) is 13.1 Å². The Morgan fingerprint density at radius 2 is 2.00 bits per heavy atom. The molecule has 1 aromatic rings. The Kier molecular flexibility index (Phi) is 3.00. The molecule has 0 atom stereocenters. The fourth-order valence-electron chi connectivity index (χ4n) is 2.03. The van der Waals surface area contributed by atoms with Crippen LogP contribution in [-0.4, -0.2) is 23.8 Å². The van der Waals surface area contributed by atoms with Gasteiger partial charge < -0.3 is 15.7 Å². The number of anilines is 2. The largest absolute Gasteiger partial charge is 0.396 e. The summed E-state index contributed by atoms with van der Waals surface area (Å²) in [6.07, 6.45) is 1.53. The van der Waals surface area contributed by atoms with E-state index in [9.17, 15) is 5.11 Å². The normalized spacial score (nSPS) is 19.8. The second kappa shape index (κ2) is 4.15. The average Bonchev–Trinajstić information content (AvgIpc) is 2.23. The summed E-state index contributed by atoms with van der Waals surface area (Å²) in [5, 5.41) is 10.5. The van der Waals surface area contributed by atoms with Gasteiger partial charge in [-0.1, -0.05) is 17.7 Å². The highest BCUT2D eigenvalue weighted by molar-refractivity contribution is 6.33. The van der Waals surface area contributed by atoms with Gasteiger partial charge in [-0.3, -0.25) is 0 Å². The number of hydrogen-bond acceptors (Lipinski definition) is 3. The number of nitrogen functional groups attached to an aromatic ring is 1. The highest BCUT2D eigenvalue weighted by Gasteiger charge is 2.28. The summed E-state index contributed by atoms with van der Waals surface area (Å²) in [5.74, 6) is 0. The van der Waals surface area contributed by atoms with Crippen LogP contribution < -0.4 is 10.6 Å². The molecule has 16 heavy (non-hydrogen) atoms. The number of hydrogen-bond donors (Lipinski definition) is 2. The first-order valence-electron chi connectivity index (χ1n) is 5.51. The third-order valence-corrected chi connectivity index (χ3v) is 3.54. The molecule has 0 radical (unpaired) electrons.